The number of nitrogens with zero attached hydrogens (tertiary/aromatic N) is 4. The molecule has 8 heteroatoms. The van der Waals surface area contributed by atoms with Gasteiger partial charge in [-0.3, -0.25) is 4.79 Å². The van der Waals surface area contributed by atoms with E-state index in [4.69, 9.17) is 4.74 Å². The average Bonchev–Trinajstić information content (AvgIpc) is 2.74. The topological polar surface area (TPSA) is 87.7 Å². The number of rotatable bonds is 5. The highest BCUT2D eigenvalue weighted by Gasteiger charge is 2.26. The van der Waals surface area contributed by atoms with Gasteiger partial charge in [-0.1, -0.05) is 32.0 Å². The fraction of sp³-hybridized carbons (Fsp3) is 0.429. The van der Waals surface area contributed by atoms with Crippen LogP contribution in [0.1, 0.15) is 42.7 Å². The molecule has 154 valence electrons. The Morgan fingerprint density at radius 2 is 1.79 bits per heavy atom. The van der Waals surface area contributed by atoms with E-state index < -0.39 is 0 Å². The number of benzene rings is 1. The van der Waals surface area contributed by atoms with Crippen molar-refractivity contribution >= 4 is 23.5 Å². The molecule has 2 heterocycles. The Kier molecular flexibility index (Phi) is 6.64. The van der Waals surface area contributed by atoms with Crippen LogP contribution in [0.15, 0.2) is 36.7 Å². The molecule has 0 aliphatic carbocycles. The molecule has 8 nitrogen and oxygen atoms in total. The highest BCUT2D eigenvalue weighted by Crippen LogP contribution is 2.26. The van der Waals surface area contributed by atoms with Crippen molar-refractivity contribution in [3.05, 3.63) is 47.9 Å². The standard InChI is InChI=1S/C21H27N5O3/c1-4-29-21(28)26-11-9-25(10-12-26)20(27)18-13-19(23-14-22-18)24-17-8-6-5-7-16(17)15(2)3/h5-8,13-15H,4,9-12H2,1-3H3,(H,22,23,24). The van der Waals surface area contributed by atoms with Gasteiger partial charge in [-0.2, -0.15) is 0 Å². The van der Waals surface area contributed by atoms with Crippen molar-refractivity contribution in [2.24, 2.45) is 0 Å². The second kappa shape index (κ2) is 9.36. The number of hydrogen-bond acceptors (Lipinski definition) is 6. The maximum Gasteiger partial charge on any atom is 0.409 e. The van der Waals surface area contributed by atoms with Gasteiger partial charge in [0.25, 0.3) is 5.91 Å². The van der Waals surface area contributed by atoms with Crippen molar-refractivity contribution in [1.29, 1.82) is 0 Å². The Balaban J connectivity index is 1.67. The molecule has 0 bridgehead atoms. The van der Waals surface area contributed by atoms with E-state index in [2.05, 4.69) is 35.2 Å². The number of amides is 2. The summed E-state index contributed by atoms with van der Waals surface area (Å²) in [5.74, 6) is 0.759. The number of ether oxygens (including phenoxy) is 1. The average molecular weight is 397 g/mol. The minimum atomic E-state index is -0.336. The highest BCUT2D eigenvalue weighted by molar-refractivity contribution is 5.93. The second-order valence-corrected chi connectivity index (χ2v) is 7.13. The van der Waals surface area contributed by atoms with Crippen LogP contribution in [0.3, 0.4) is 0 Å². The SMILES string of the molecule is CCOC(=O)N1CCN(C(=O)c2cc(Nc3ccccc3C(C)C)ncn2)CC1. The van der Waals surface area contributed by atoms with Crippen LogP contribution in [0.25, 0.3) is 0 Å². The van der Waals surface area contributed by atoms with Gasteiger partial charge in [0.05, 0.1) is 6.61 Å². The van der Waals surface area contributed by atoms with E-state index >= 15 is 0 Å². The maximum absolute atomic E-state index is 12.9. The first-order valence-electron chi connectivity index (χ1n) is 9.88. The van der Waals surface area contributed by atoms with Crippen molar-refractivity contribution in [1.82, 2.24) is 19.8 Å². The van der Waals surface area contributed by atoms with Crippen LogP contribution in [0.5, 0.6) is 0 Å². The van der Waals surface area contributed by atoms with Gasteiger partial charge in [0, 0.05) is 37.9 Å². The summed E-state index contributed by atoms with van der Waals surface area (Å²) < 4.78 is 5.02. The molecule has 1 saturated heterocycles. The van der Waals surface area contributed by atoms with Gasteiger partial charge in [0.2, 0.25) is 0 Å². The number of anilines is 2. The number of piperazine rings is 1. The molecule has 1 aromatic carbocycles. The van der Waals surface area contributed by atoms with Gasteiger partial charge in [-0.05, 0) is 24.5 Å². The highest BCUT2D eigenvalue weighted by atomic mass is 16.6. The Morgan fingerprint density at radius 3 is 2.48 bits per heavy atom. The van der Waals surface area contributed by atoms with Crippen molar-refractivity contribution < 1.29 is 14.3 Å². The summed E-state index contributed by atoms with van der Waals surface area (Å²) in [5.41, 5.74) is 2.46. The third-order valence-electron chi connectivity index (χ3n) is 4.82. The molecule has 1 aliphatic heterocycles. The molecule has 1 N–H and O–H groups in total. The molecular weight excluding hydrogens is 370 g/mol. The normalized spacial score (nSPS) is 14.1. The quantitative estimate of drug-likeness (QED) is 0.833. The molecule has 2 amide bonds. The fourth-order valence-electron chi connectivity index (χ4n) is 3.26. The van der Waals surface area contributed by atoms with Crippen molar-refractivity contribution in [2.75, 3.05) is 38.1 Å². The van der Waals surface area contributed by atoms with E-state index in [1.54, 1.807) is 22.8 Å². The van der Waals surface area contributed by atoms with Gasteiger partial charge < -0.3 is 19.9 Å². The smallest absolute Gasteiger partial charge is 0.409 e. The third-order valence-corrected chi connectivity index (χ3v) is 4.82. The lowest BCUT2D eigenvalue weighted by atomic mass is 10.0. The van der Waals surface area contributed by atoms with Gasteiger partial charge in [0.1, 0.15) is 17.8 Å². The molecule has 0 radical (unpaired) electrons. The first-order valence-corrected chi connectivity index (χ1v) is 9.88. The van der Waals surface area contributed by atoms with Gasteiger partial charge in [0.15, 0.2) is 0 Å². The fourth-order valence-corrected chi connectivity index (χ4v) is 3.26. The number of hydrogen-bond donors (Lipinski definition) is 1. The predicted molar refractivity (Wildman–Crippen MR) is 110 cm³/mol. The minimum Gasteiger partial charge on any atom is -0.450 e. The van der Waals surface area contributed by atoms with Crippen LogP contribution in [0.4, 0.5) is 16.3 Å². The predicted octanol–water partition coefficient (Wildman–Crippen LogP) is 3.26. The Hall–Kier alpha value is -3.16. The molecule has 2 aromatic rings. The third kappa shape index (κ3) is 5.01. The molecule has 1 aliphatic rings. The lowest BCUT2D eigenvalue weighted by molar-refractivity contribution is 0.0566. The summed E-state index contributed by atoms with van der Waals surface area (Å²) >= 11 is 0. The summed E-state index contributed by atoms with van der Waals surface area (Å²) in [4.78, 5) is 36.4. The van der Waals surface area contributed by atoms with E-state index in [0.29, 0.717) is 50.2 Å². The zero-order chi connectivity index (χ0) is 20.8. The maximum atomic E-state index is 12.9. The second-order valence-electron chi connectivity index (χ2n) is 7.13. The summed E-state index contributed by atoms with van der Waals surface area (Å²) in [7, 11) is 0. The number of aromatic nitrogens is 2. The van der Waals surface area contributed by atoms with Gasteiger partial charge >= 0.3 is 6.09 Å². The lowest BCUT2D eigenvalue weighted by Crippen LogP contribution is -2.50. The molecule has 0 unspecified atom stereocenters. The van der Waals surface area contributed by atoms with Gasteiger partial charge in [-0.15, -0.1) is 0 Å². The summed E-state index contributed by atoms with van der Waals surface area (Å²) in [6.07, 6.45) is 1.06. The van der Waals surface area contributed by atoms with Crippen LogP contribution in [-0.2, 0) is 4.74 Å². The monoisotopic (exact) mass is 397 g/mol. The van der Waals surface area contributed by atoms with E-state index in [-0.39, 0.29) is 12.0 Å². The Labute approximate surface area is 170 Å². The number of carbonyl (C=O) groups excluding carboxylic acids is 2. The summed E-state index contributed by atoms with van der Waals surface area (Å²) in [6, 6.07) is 9.70. The molecule has 1 fully saturated rings. The van der Waals surface area contributed by atoms with E-state index in [0.717, 1.165) is 5.69 Å². The first kappa shape index (κ1) is 20.6. The molecule has 1 aromatic heterocycles. The van der Waals surface area contributed by atoms with Gasteiger partial charge in [-0.25, -0.2) is 14.8 Å². The zero-order valence-corrected chi connectivity index (χ0v) is 17.1. The summed E-state index contributed by atoms with van der Waals surface area (Å²) in [5, 5.41) is 3.30. The zero-order valence-electron chi connectivity index (χ0n) is 17.1. The molecule has 3 rings (SSSR count). The molecule has 0 atom stereocenters. The number of carbonyl (C=O) groups is 2. The molecule has 29 heavy (non-hydrogen) atoms. The van der Waals surface area contributed by atoms with Crippen molar-refractivity contribution in [3.63, 3.8) is 0 Å². The molecule has 0 spiro atoms. The van der Waals surface area contributed by atoms with E-state index in [1.807, 2.05) is 18.2 Å². The summed E-state index contributed by atoms with van der Waals surface area (Å²) in [6.45, 7) is 8.16. The Morgan fingerprint density at radius 1 is 1.10 bits per heavy atom. The molecule has 0 saturated carbocycles. The first-order chi connectivity index (χ1) is 14.0. The van der Waals surface area contributed by atoms with Crippen LogP contribution in [-0.4, -0.2) is 64.6 Å². The largest absolute Gasteiger partial charge is 0.450 e. The number of nitrogens with one attached hydrogen (secondary N) is 1. The van der Waals surface area contributed by atoms with Crippen LogP contribution in [0, 0.1) is 0 Å². The van der Waals surface area contributed by atoms with Crippen LogP contribution >= 0.6 is 0 Å². The van der Waals surface area contributed by atoms with E-state index in [9.17, 15) is 9.59 Å². The van der Waals surface area contributed by atoms with Crippen LogP contribution < -0.4 is 5.32 Å². The van der Waals surface area contributed by atoms with Crippen LogP contribution in [0.2, 0.25) is 0 Å². The minimum absolute atomic E-state index is 0.170. The number of para-hydroxylation sites is 1. The lowest BCUT2D eigenvalue weighted by Gasteiger charge is -2.33. The Bertz CT molecular complexity index is 863. The van der Waals surface area contributed by atoms with Crippen molar-refractivity contribution in [3.8, 4) is 0 Å². The molecular formula is C21H27N5O3. The van der Waals surface area contributed by atoms with E-state index in [1.165, 1.54) is 11.9 Å². The van der Waals surface area contributed by atoms with Crippen molar-refractivity contribution in [2.45, 2.75) is 26.7 Å².